The molecule has 1 aromatic heterocycles. The Bertz CT molecular complexity index is 635. The lowest BCUT2D eigenvalue weighted by Crippen LogP contribution is -2.43. The molecule has 0 aliphatic heterocycles. The van der Waals surface area contributed by atoms with E-state index in [-0.39, 0.29) is 17.2 Å². The molecule has 1 N–H and O–H groups in total. The van der Waals surface area contributed by atoms with Gasteiger partial charge >= 0.3 is 0 Å². The molecule has 1 saturated carbocycles. The van der Waals surface area contributed by atoms with Gasteiger partial charge in [-0.2, -0.15) is 5.10 Å². The summed E-state index contributed by atoms with van der Waals surface area (Å²) in [5.41, 5.74) is 2.58. The summed E-state index contributed by atoms with van der Waals surface area (Å²) in [6.45, 7) is 13.8. The molecule has 28 heavy (non-hydrogen) atoms. The third-order valence-corrected chi connectivity index (χ3v) is 6.26. The van der Waals surface area contributed by atoms with Crippen molar-refractivity contribution in [2.24, 2.45) is 24.3 Å². The van der Waals surface area contributed by atoms with Gasteiger partial charge in [0.2, 0.25) is 5.91 Å². The molecule has 0 saturated heterocycles. The molecule has 1 fully saturated rings. The number of rotatable bonds is 9. The number of hydrogen-bond acceptors (Lipinski definition) is 3. The number of carbonyl (C=O) groups is 1. The molecule has 160 valence electrons. The normalized spacial score (nSPS) is 22.0. The predicted molar refractivity (Wildman–Crippen MR) is 116 cm³/mol. The number of amides is 1. The van der Waals surface area contributed by atoms with E-state index in [2.05, 4.69) is 58.1 Å². The lowest BCUT2D eigenvalue weighted by molar-refractivity contribution is -0.130. The van der Waals surface area contributed by atoms with Gasteiger partial charge < -0.3 is 10.2 Å². The van der Waals surface area contributed by atoms with Gasteiger partial charge in [0.15, 0.2) is 0 Å². The van der Waals surface area contributed by atoms with E-state index in [0.29, 0.717) is 11.8 Å². The maximum atomic E-state index is 12.9. The molecule has 1 aliphatic carbocycles. The fourth-order valence-corrected chi connectivity index (χ4v) is 4.40. The monoisotopic (exact) mass is 390 g/mol. The summed E-state index contributed by atoms with van der Waals surface area (Å²) < 4.78 is 1.95. The standard InChI is InChI=1S/C23H42N4O/c1-8-9-12-26(6)15-19-16-27(7)25-21(19)18-10-11-23(4,5)20(13-18)22(28)24-14-17(2)3/h16-18,20H,8-15H2,1-7H3,(H,24,28)/t18?,20-/m1/s1. The van der Waals surface area contributed by atoms with Crippen molar-refractivity contribution >= 4 is 5.91 Å². The molecule has 1 unspecified atom stereocenters. The second kappa shape index (κ2) is 9.91. The van der Waals surface area contributed by atoms with Gasteiger partial charge in [-0.15, -0.1) is 0 Å². The average Bonchev–Trinajstić information content (AvgIpc) is 2.97. The van der Waals surface area contributed by atoms with Crippen LogP contribution >= 0.6 is 0 Å². The molecule has 1 amide bonds. The highest BCUT2D eigenvalue weighted by molar-refractivity contribution is 5.79. The van der Waals surface area contributed by atoms with Crippen molar-refractivity contribution in [2.75, 3.05) is 20.1 Å². The molecule has 5 nitrogen and oxygen atoms in total. The van der Waals surface area contributed by atoms with E-state index in [4.69, 9.17) is 5.10 Å². The maximum Gasteiger partial charge on any atom is 0.223 e. The molecule has 0 bridgehead atoms. The number of nitrogens with zero attached hydrogens (tertiary/aromatic N) is 3. The van der Waals surface area contributed by atoms with Crippen LogP contribution in [0.5, 0.6) is 0 Å². The van der Waals surface area contributed by atoms with Gasteiger partial charge in [-0.3, -0.25) is 9.48 Å². The van der Waals surface area contributed by atoms with Crippen molar-refractivity contribution < 1.29 is 4.79 Å². The van der Waals surface area contributed by atoms with Crippen LogP contribution in [0, 0.1) is 17.3 Å². The van der Waals surface area contributed by atoms with Crippen molar-refractivity contribution in [2.45, 2.75) is 79.2 Å². The Hall–Kier alpha value is -1.36. The Labute approximate surface area is 172 Å². The van der Waals surface area contributed by atoms with E-state index in [0.717, 1.165) is 38.9 Å². The van der Waals surface area contributed by atoms with Crippen molar-refractivity contribution in [3.8, 4) is 0 Å². The molecular formula is C23H42N4O. The van der Waals surface area contributed by atoms with Crippen LogP contribution in [-0.2, 0) is 18.4 Å². The minimum absolute atomic E-state index is 0.0461. The van der Waals surface area contributed by atoms with Crippen LogP contribution in [0.15, 0.2) is 6.20 Å². The zero-order valence-electron chi connectivity index (χ0n) is 19.2. The predicted octanol–water partition coefficient (Wildman–Crippen LogP) is 4.33. The highest BCUT2D eigenvalue weighted by Crippen LogP contribution is 2.47. The van der Waals surface area contributed by atoms with Crippen molar-refractivity contribution in [3.63, 3.8) is 0 Å². The number of aryl methyl sites for hydroxylation is 1. The second-order valence-electron chi connectivity index (χ2n) is 9.96. The van der Waals surface area contributed by atoms with Gasteiger partial charge in [-0.1, -0.05) is 41.0 Å². The lowest BCUT2D eigenvalue weighted by atomic mass is 9.64. The average molecular weight is 391 g/mol. The summed E-state index contributed by atoms with van der Waals surface area (Å²) in [5.74, 6) is 1.13. The number of hydrogen-bond donors (Lipinski definition) is 1. The number of aromatic nitrogens is 2. The SMILES string of the molecule is CCCCN(C)Cc1cn(C)nc1C1CCC(C)(C)[C@@H](C(=O)NCC(C)C)C1. The molecule has 0 aromatic carbocycles. The topological polar surface area (TPSA) is 50.2 Å². The smallest absolute Gasteiger partial charge is 0.223 e. The molecule has 5 heteroatoms. The van der Waals surface area contributed by atoms with Gasteiger partial charge in [-0.05, 0) is 50.6 Å². The lowest BCUT2D eigenvalue weighted by Gasteiger charge is -2.41. The first-order valence-electron chi connectivity index (χ1n) is 11.1. The van der Waals surface area contributed by atoms with E-state index in [1.807, 2.05) is 11.7 Å². The van der Waals surface area contributed by atoms with Crippen LogP contribution in [0.4, 0.5) is 0 Å². The van der Waals surface area contributed by atoms with Crippen LogP contribution in [0.1, 0.15) is 83.9 Å². The largest absolute Gasteiger partial charge is 0.356 e. The van der Waals surface area contributed by atoms with Gasteiger partial charge in [0.1, 0.15) is 0 Å². The van der Waals surface area contributed by atoms with E-state index in [1.54, 1.807) is 0 Å². The first kappa shape index (κ1) is 22.9. The quantitative estimate of drug-likeness (QED) is 0.682. The highest BCUT2D eigenvalue weighted by atomic mass is 16.1. The number of nitrogens with one attached hydrogen (secondary N) is 1. The van der Waals surface area contributed by atoms with E-state index in [1.165, 1.54) is 24.1 Å². The molecule has 2 rings (SSSR count). The van der Waals surface area contributed by atoms with Gasteiger partial charge in [0.25, 0.3) is 0 Å². The zero-order chi connectivity index (χ0) is 20.9. The third-order valence-electron chi connectivity index (χ3n) is 6.26. The molecule has 1 heterocycles. The van der Waals surface area contributed by atoms with Gasteiger partial charge in [0.05, 0.1) is 5.69 Å². The summed E-state index contributed by atoms with van der Waals surface area (Å²) in [5, 5.41) is 8.02. The van der Waals surface area contributed by atoms with E-state index >= 15 is 0 Å². The molecule has 0 radical (unpaired) electrons. The summed E-state index contributed by atoms with van der Waals surface area (Å²) >= 11 is 0. The Balaban J connectivity index is 2.13. The molecule has 2 atom stereocenters. The minimum Gasteiger partial charge on any atom is -0.356 e. The summed E-state index contributed by atoms with van der Waals surface area (Å²) in [6.07, 6.45) is 7.70. The second-order valence-corrected chi connectivity index (χ2v) is 9.96. The molecule has 1 aliphatic rings. The first-order valence-corrected chi connectivity index (χ1v) is 11.1. The van der Waals surface area contributed by atoms with Crippen LogP contribution in [0.2, 0.25) is 0 Å². The first-order chi connectivity index (χ1) is 13.1. The summed E-state index contributed by atoms with van der Waals surface area (Å²) in [4.78, 5) is 15.3. The Morgan fingerprint density at radius 2 is 2.14 bits per heavy atom. The fourth-order valence-electron chi connectivity index (χ4n) is 4.40. The van der Waals surface area contributed by atoms with Crippen LogP contribution < -0.4 is 5.32 Å². The highest BCUT2D eigenvalue weighted by Gasteiger charge is 2.42. The zero-order valence-corrected chi connectivity index (χ0v) is 19.2. The van der Waals surface area contributed by atoms with E-state index in [9.17, 15) is 4.79 Å². The molecule has 0 spiro atoms. The van der Waals surface area contributed by atoms with Crippen molar-refractivity contribution in [1.29, 1.82) is 0 Å². The Morgan fingerprint density at radius 1 is 1.43 bits per heavy atom. The van der Waals surface area contributed by atoms with Crippen LogP contribution in [-0.4, -0.2) is 40.7 Å². The third kappa shape index (κ3) is 6.07. The Morgan fingerprint density at radius 3 is 2.79 bits per heavy atom. The van der Waals surface area contributed by atoms with Crippen LogP contribution in [0.25, 0.3) is 0 Å². The van der Waals surface area contributed by atoms with Crippen molar-refractivity contribution in [3.05, 3.63) is 17.5 Å². The minimum atomic E-state index is 0.0461. The van der Waals surface area contributed by atoms with Gasteiger partial charge in [-0.25, -0.2) is 0 Å². The fraction of sp³-hybridized carbons (Fsp3) is 0.826. The molecule has 1 aromatic rings. The maximum absolute atomic E-state index is 12.9. The Kier molecular flexibility index (Phi) is 8.11. The van der Waals surface area contributed by atoms with E-state index < -0.39 is 0 Å². The molecular weight excluding hydrogens is 348 g/mol. The summed E-state index contributed by atoms with van der Waals surface area (Å²) in [6, 6.07) is 0. The van der Waals surface area contributed by atoms with Gasteiger partial charge in [0, 0.05) is 43.7 Å². The number of unbranched alkanes of at least 4 members (excludes halogenated alkanes) is 1. The summed E-state index contributed by atoms with van der Waals surface area (Å²) in [7, 11) is 4.21. The number of carbonyl (C=O) groups excluding carboxylic acids is 1. The van der Waals surface area contributed by atoms with Crippen molar-refractivity contribution in [1.82, 2.24) is 20.0 Å². The van der Waals surface area contributed by atoms with Crippen LogP contribution in [0.3, 0.4) is 0 Å².